The summed E-state index contributed by atoms with van der Waals surface area (Å²) in [6.45, 7) is 13.0. The van der Waals surface area contributed by atoms with Crippen molar-refractivity contribution in [3.63, 3.8) is 0 Å². The Morgan fingerprint density at radius 3 is 2.38 bits per heavy atom. The van der Waals surface area contributed by atoms with Crippen molar-refractivity contribution in [1.82, 2.24) is 4.90 Å². The lowest BCUT2D eigenvalue weighted by Gasteiger charge is -2.44. The number of hydrogen-bond acceptors (Lipinski definition) is 2. The van der Waals surface area contributed by atoms with E-state index in [0.29, 0.717) is 5.92 Å². The van der Waals surface area contributed by atoms with Crippen molar-refractivity contribution >= 4 is 6.09 Å². The first kappa shape index (κ1) is 13.3. The van der Waals surface area contributed by atoms with Gasteiger partial charge in [-0.3, -0.25) is 0 Å². The molecule has 0 aliphatic carbocycles. The zero-order chi connectivity index (χ0) is 12.6. The number of amides is 1. The summed E-state index contributed by atoms with van der Waals surface area (Å²) in [5.41, 5.74) is -0.490. The summed E-state index contributed by atoms with van der Waals surface area (Å²) in [4.78, 5) is 13.9. The van der Waals surface area contributed by atoms with Crippen LogP contribution in [0.4, 0.5) is 4.79 Å². The lowest BCUT2D eigenvalue weighted by atomic mass is 9.84. The monoisotopic (exact) mass is 227 g/mol. The van der Waals surface area contributed by atoms with E-state index in [4.69, 9.17) is 4.74 Å². The van der Waals surface area contributed by atoms with Crippen molar-refractivity contribution in [3.05, 3.63) is 0 Å². The third-order valence-corrected chi connectivity index (χ3v) is 3.04. The Morgan fingerprint density at radius 1 is 1.38 bits per heavy atom. The van der Waals surface area contributed by atoms with Crippen LogP contribution in [0.25, 0.3) is 0 Å². The second kappa shape index (κ2) is 4.27. The minimum Gasteiger partial charge on any atom is -0.444 e. The van der Waals surface area contributed by atoms with Crippen molar-refractivity contribution in [3.8, 4) is 0 Å². The van der Waals surface area contributed by atoms with E-state index in [9.17, 15) is 4.79 Å². The predicted octanol–water partition coefficient (Wildman–Crippen LogP) is 3.43. The van der Waals surface area contributed by atoms with Crippen molar-refractivity contribution < 1.29 is 9.53 Å². The minimum atomic E-state index is -0.407. The summed E-state index contributed by atoms with van der Waals surface area (Å²) in [5.74, 6) is 0.689. The van der Waals surface area contributed by atoms with E-state index < -0.39 is 5.60 Å². The predicted molar refractivity (Wildman–Crippen MR) is 65.4 cm³/mol. The van der Waals surface area contributed by atoms with E-state index in [1.54, 1.807) is 0 Å². The molecular weight excluding hydrogens is 202 g/mol. The van der Waals surface area contributed by atoms with Crippen LogP contribution in [-0.4, -0.2) is 28.7 Å². The van der Waals surface area contributed by atoms with Gasteiger partial charge in [-0.1, -0.05) is 6.92 Å². The molecule has 16 heavy (non-hydrogen) atoms. The van der Waals surface area contributed by atoms with Gasteiger partial charge in [0.05, 0.1) is 0 Å². The number of ether oxygens (including phenoxy) is 1. The SMILES string of the molecule is CC1CCN(C(=O)OC(C)(C)C)C(C)(C)C1. The van der Waals surface area contributed by atoms with Crippen molar-refractivity contribution in [2.24, 2.45) is 5.92 Å². The lowest BCUT2D eigenvalue weighted by molar-refractivity contribution is -0.0132. The Kier molecular flexibility index (Phi) is 3.56. The molecule has 0 saturated carbocycles. The maximum atomic E-state index is 12.0. The van der Waals surface area contributed by atoms with E-state index in [-0.39, 0.29) is 11.6 Å². The van der Waals surface area contributed by atoms with Crippen LogP contribution in [0.1, 0.15) is 54.4 Å². The Morgan fingerprint density at radius 2 is 1.94 bits per heavy atom. The average molecular weight is 227 g/mol. The summed E-state index contributed by atoms with van der Waals surface area (Å²) < 4.78 is 5.44. The fraction of sp³-hybridized carbons (Fsp3) is 0.923. The number of piperidine rings is 1. The van der Waals surface area contributed by atoms with Gasteiger partial charge in [0.15, 0.2) is 0 Å². The molecule has 1 rings (SSSR count). The highest BCUT2D eigenvalue weighted by atomic mass is 16.6. The van der Waals surface area contributed by atoms with Crippen LogP contribution in [0, 0.1) is 5.92 Å². The van der Waals surface area contributed by atoms with Crippen molar-refractivity contribution in [2.75, 3.05) is 6.54 Å². The highest BCUT2D eigenvalue weighted by Crippen LogP contribution is 2.32. The standard InChI is InChI=1S/C13H25NO2/c1-10-7-8-14(13(5,6)9-10)11(15)16-12(2,3)4/h10H,7-9H2,1-6H3. The van der Waals surface area contributed by atoms with Crippen molar-refractivity contribution in [1.29, 1.82) is 0 Å². The number of carbonyl (C=O) groups excluding carboxylic acids is 1. The van der Waals surface area contributed by atoms with E-state index in [0.717, 1.165) is 19.4 Å². The van der Waals surface area contributed by atoms with Gasteiger partial charge in [0.25, 0.3) is 0 Å². The Hall–Kier alpha value is -0.730. The Bertz CT molecular complexity index is 266. The molecule has 3 nitrogen and oxygen atoms in total. The first-order valence-corrected chi connectivity index (χ1v) is 6.12. The molecule has 0 N–H and O–H groups in total. The van der Waals surface area contributed by atoms with Gasteiger partial charge in [-0.2, -0.15) is 0 Å². The van der Waals surface area contributed by atoms with E-state index in [2.05, 4.69) is 20.8 Å². The number of rotatable bonds is 0. The largest absolute Gasteiger partial charge is 0.444 e. The number of nitrogens with zero attached hydrogens (tertiary/aromatic N) is 1. The molecule has 1 atom stereocenters. The third kappa shape index (κ3) is 3.39. The second-order valence-electron chi connectivity index (χ2n) is 6.54. The molecule has 0 aromatic rings. The van der Waals surface area contributed by atoms with Crippen LogP contribution in [0.3, 0.4) is 0 Å². The molecule has 0 aromatic heterocycles. The number of likely N-dealkylation sites (tertiary alicyclic amines) is 1. The van der Waals surface area contributed by atoms with Gasteiger partial charge >= 0.3 is 6.09 Å². The van der Waals surface area contributed by atoms with Crippen LogP contribution in [0.5, 0.6) is 0 Å². The van der Waals surface area contributed by atoms with Gasteiger partial charge in [-0.05, 0) is 53.4 Å². The normalized spacial score (nSPS) is 25.4. The highest BCUT2D eigenvalue weighted by molar-refractivity contribution is 5.69. The van der Waals surface area contributed by atoms with Gasteiger partial charge in [0.2, 0.25) is 0 Å². The number of carbonyl (C=O) groups is 1. The molecule has 0 spiro atoms. The molecule has 0 bridgehead atoms. The van der Waals surface area contributed by atoms with Crippen LogP contribution in [-0.2, 0) is 4.74 Å². The molecule has 3 heteroatoms. The molecule has 1 heterocycles. The maximum Gasteiger partial charge on any atom is 0.410 e. The molecule has 1 saturated heterocycles. The summed E-state index contributed by atoms with van der Waals surface area (Å²) in [6.07, 6.45) is 1.94. The maximum absolute atomic E-state index is 12.0. The Labute approximate surface area is 99.1 Å². The number of hydrogen-bond donors (Lipinski definition) is 0. The topological polar surface area (TPSA) is 29.5 Å². The van der Waals surface area contributed by atoms with Crippen molar-refractivity contribution in [2.45, 2.75) is 65.5 Å². The minimum absolute atomic E-state index is 0.0833. The quantitative estimate of drug-likeness (QED) is 0.634. The first-order valence-electron chi connectivity index (χ1n) is 6.12. The van der Waals surface area contributed by atoms with E-state index >= 15 is 0 Å². The molecule has 0 radical (unpaired) electrons. The summed E-state index contributed by atoms with van der Waals surface area (Å²) >= 11 is 0. The lowest BCUT2D eigenvalue weighted by Crippen LogP contribution is -2.53. The second-order valence-corrected chi connectivity index (χ2v) is 6.54. The smallest absolute Gasteiger partial charge is 0.410 e. The van der Waals surface area contributed by atoms with E-state index in [1.165, 1.54) is 0 Å². The van der Waals surface area contributed by atoms with E-state index in [1.807, 2.05) is 25.7 Å². The summed E-state index contributed by atoms with van der Waals surface area (Å²) in [7, 11) is 0. The molecule has 1 fully saturated rings. The first-order chi connectivity index (χ1) is 7.12. The molecule has 1 unspecified atom stereocenters. The molecule has 1 aliphatic rings. The Balaban J connectivity index is 2.69. The third-order valence-electron chi connectivity index (χ3n) is 3.04. The van der Waals surface area contributed by atoms with Gasteiger partial charge in [0, 0.05) is 12.1 Å². The van der Waals surface area contributed by atoms with Crippen LogP contribution >= 0.6 is 0 Å². The van der Waals surface area contributed by atoms with Crippen LogP contribution in [0.2, 0.25) is 0 Å². The fourth-order valence-electron chi connectivity index (χ4n) is 2.37. The van der Waals surface area contributed by atoms with Gasteiger partial charge in [-0.15, -0.1) is 0 Å². The zero-order valence-electron chi connectivity index (χ0n) is 11.5. The van der Waals surface area contributed by atoms with Gasteiger partial charge < -0.3 is 9.64 Å². The summed E-state index contributed by atoms with van der Waals surface area (Å²) in [6, 6.07) is 0. The van der Waals surface area contributed by atoms with Gasteiger partial charge in [-0.25, -0.2) is 4.79 Å². The average Bonchev–Trinajstić information content (AvgIpc) is 1.97. The molecular formula is C13H25NO2. The van der Waals surface area contributed by atoms with Gasteiger partial charge in [0.1, 0.15) is 5.60 Å². The molecule has 1 aliphatic heterocycles. The molecule has 1 amide bonds. The summed E-state index contributed by atoms with van der Waals surface area (Å²) in [5, 5.41) is 0. The fourth-order valence-corrected chi connectivity index (χ4v) is 2.37. The molecule has 94 valence electrons. The molecule has 0 aromatic carbocycles. The van der Waals surface area contributed by atoms with Crippen LogP contribution in [0.15, 0.2) is 0 Å². The van der Waals surface area contributed by atoms with Crippen LogP contribution < -0.4 is 0 Å². The highest BCUT2D eigenvalue weighted by Gasteiger charge is 2.38. The zero-order valence-corrected chi connectivity index (χ0v) is 11.5.